The summed E-state index contributed by atoms with van der Waals surface area (Å²) < 4.78 is 0. The highest BCUT2D eigenvalue weighted by Crippen LogP contribution is 2.32. The molecule has 0 unspecified atom stereocenters. The lowest BCUT2D eigenvalue weighted by Crippen LogP contribution is -2.15. The molecule has 2 rings (SSSR count). The standard InChI is InChI=1S/C12H14N2O3/c13-8-3-4-9(12(16)17)10(6-8)14-11(15)5-7-1-2-7/h3-4,6-7H,1-2,5,13H2,(H,14,15)(H,16,17). The van der Waals surface area contributed by atoms with E-state index in [1.54, 1.807) is 0 Å². The van der Waals surface area contributed by atoms with E-state index in [1.165, 1.54) is 18.2 Å². The van der Waals surface area contributed by atoms with E-state index in [9.17, 15) is 9.59 Å². The van der Waals surface area contributed by atoms with Gasteiger partial charge in [0.05, 0.1) is 11.3 Å². The molecule has 4 N–H and O–H groups in total. The largest absolute Gasteiger partial charge is 0.478 e. The number of hydrogen-bond donors (Lipinski definition) is 3. The molecule has 0 aromatic heterocycles. The minimum atomic E-state index is -1.08. The molecule has 0 aliphatic heterocycles. The second-order valence-electron chi connectivity index (χ2n) is 4.31. The summed E-state index contributed by atoms with van der Waals surface area (Å²) in [5.41, 5.74) is 6.33. The van der Waals surface area contributed by atoms with Gasteiger partial charge in [-0.25, -0.2) is 4.79 Å². The molecule has 90 valence electrons. The average Bonchev–Trinajstić information content (AvgIpc) is 3.00. The van der Waals surface area contributed by atoms with Crippen LogP contribution in [0, 0.1) is 5.92 Å². The fourth-order valence-corrected chi connectivity index (χ4v) is 1.64. The normalized spacial score (nSPS) is 14.4. The molecule has 5 heteroatoms. The first kappa shape index (κ1) is 11.4. The number of anilines is 2. The van der Waals surface area contributed by atoms with E-state index in [0.717, 1.165) is 12.8 Å². The molecular weight excluding hydrogens is 220 g/mol. The van der Waals surface area contributed by atoms with Crippen molar-refractivity contribution in [3.63, 3.8) is 0 Å². The van der Waals surface area contributed by atoms with Crippen LogP contribution in [0.5, 0.6) is 0 Å². The van der Waals surface area contributed by atoms with E-state index in [-0.39, 0.29) is 17.2 Å². The van der Waals surface area contributed by atoms with E-state index in [2.05, 4.69) is 5.32 Å². The highest BCUT2D eigenvalue weighted by Gasteiger charge is 2.25. The van der Waals surface area contributed by atoms with Crippen molar-refractivity contribution in [3.8, 4) is 0 Å². The van der Waals surface area contributed by atoms with Gasteiger partial charge in [-0.2, -0.15) is 0 Å². The van der Waals surface area contributed by atoms with Crippen molar-refractivity contribution in [1.82, 2.24) is 0 Å². The van der Waals surface area contributed by atoms with Gasteiger partial charge in [-0.15, -0.1) is 0 Å². The monoisotopic (exact) mass is 234 g/mol. The zero-order chi connectivity index (χ0) is 12.4. The lowest BCUT2D eigenvalue weighted by Gasteiger charge is -2.09. The SMILES string of the molecule is Nc1ccc(C(=O)O)c(NC(=O)CC2CC2)c1. The molecule has 1 aromatic carbocycles. The predicted molar refractivity (Wildman–Crippen MR) is 63.8 cm³/mol. The van der Waals surface area contributed by atoms with E-state index in [0.29, 0.717) is 18.0 Å². The van der Waals surface area contributed by atoms with Crippen molar-refractivity contribution < 1.29 is 14.7 Å². The lowest BCUT2D eigenvalue weighted by atomic mass is 10.1. The zero-order valence-corrected chi connectivity index (χ0v) is 9.27. The minimum absolute atomic E-state index is 0.0587. The Bertz CT molecular complexity index is 467. The first-order valence-electron chi connectivity index (χ1n) is 5.49. The molecule has 1 aliphatic carbocycles. The smallest absolute Gasteiger partial charge is 0.337 e. The highest BCUT2D eigenvalue weighted by molar-refractivity contribution is 6.01. The van der Waals surface area contributed by atoms with Crippen molar-refractivity contribution in [2.45, 2.75) is 19.3 Å². The Hall–Kier alpha value is -2.04. The number of aromatic carboxylic acids is 1. The molecule has 0 spiro atoms. The van der Waals surface area contributed by atoms with Crippen LogP contribution in [-0.2, 0) is 4.79 Å². The minimum Gasteiger partial charge on any atom is -0.478 e. The summed E-state index contributed by atoms with van der Waals surface area (Å²) in [5, 5.41) is 11.6. The maximum absolute atomic E-state index is 11.6. The molecule has 0 saturated heterocycles. The Morgan fingerprint density at radius 1 is 1.41 bits per heavy atom. The van der Waals surface area contributed by atoms with Gasteiger partial charge in [0.15, 0.2) is 0 Å². The first-order valence-corrected chi connectivity index (χ1v) is 5.49. The zero-order valence-electron chi connectivity index (χ0n) is 9.27. The van der Waals surface area contributed by atoms with Crippen molar-refractivity contribution in [2.24, 2.45) is 5.92 Å². The molecule has 1 fully saturated rings. The van der Waals surface area contributed by atoms with Crippen LogP contribution in [0.2, 0.25) is 0 Å². The van der Waals surface area contributed by atoms with Crippen molar-refractivity contribution in [3.05, 3.63) is 23.8 Å². The number of carbonyl (C=O) groups excluding carboxylic acids is 1. The second kappa shape index (κ2) is 4.45. The molecule has 5 nitrogen and oxygen atoms in total. The average molecular weight is 234 g/mol. The summed E-state index contributed by atoms with van der Waals surface area (Å²) in [7, 11) is 0. The summed E-state index contributed by atoms with van der Waals surface area (Å²) in [5.74, 6) is -0.767. The molecule has 1 amide bonds. The number of carboxylic acid groups (broad SMARTS) is 1. The van der Waals surface area contributed by atoms with E-state index < -0.39 is 5.97 Å². The Balaban J connectivity index is 2.14. The van der Waals surface area contributed by atoms with Gasteiger partial charge >= 0.3 is 5.97 Å². The number of benzene rings is 1. The maximum atomic E-state index is 11.6. The number of nitrogen functional groups attached to an aromatic ring is 1. The Kier molecular flexibility index (Phi) is 2.99. The van der Waals surface area contributed by atoms with Crippen molar-refractivity contribution in [2.75, 3.05) is 11.1 Å². The second-order valence-corrected chi connectivity index (χ2v) is 4.31. The summed E-state index contributed by atoms with van der Waals surface area (Å²) in [6, 6.07) is 4.36. The summed E-state index contributed by atoms with van der Waals surface area (Å²) in [6.07, 6.45) is 2.61. The van der Waals surface area contributed by atoms with Crippen LogP contribution in [-0.4, -0.2) is 17.0 Å². The molecule has 1 saturated carbocycles. The van der Waals surface area contributed by atoms with Gasteiger partial charge in [0.1, 0.15) is 0 Å². The Morgan fingerprint density at radius 2 is 2.12 bits per heavy atom. The van der Waals surface area contributed by atoms with Gasteiger partial charge < -0.3 is 16.2 Å². The number of amides is 1. The number of nitrogens with one attached hydrogen (secondary N) is 1. The molecule has 0 bridgehead atoms. The van der Waals surface area contributed by atoms with Crippen LogP contribution in [0.25, 0.3) is 0 Å². The summed E-state index contributed by atoms with van der Waals surface area (Å²) in [4.78, 5) is 22.6. The fraction of sp³-hybridized carbons (Fsp3) is 0.333. The first-order chi connectivity index (χ1) is 8.06. The van der Waals surface area contributed by atoms with E-state index >= 15 is 0 Å². The topological polar surface area (TPSA) is 92.4 Å². The summed E-state index contributed by atoms with van der Waals surface area (Å²) in [6.45, 7) is 0. The van der Waals surface area contributed by atoms with Crippen LogP contribution >= 0.6 is 0 Å². The van der Waals surface area contributed by atoms with Crippen LogP contribution in [0.4, 0.5) is 11.4 Å². The van der Waals surface area contributed by atoms with Gasteiger partial charge in [0.2, 0.25) is 5.91 Å². The highest BCUT2D eigenvalue weighted by atomic mass is 16.4. The molecular formula is C12H14N2O3. The third-order valence-corrected chi connectivity index (χ3v) is 2.72. The third-order valence-electron chi connectivity index (χ3n) is 2.72. The number of carbonyl (C=O) groups is 2. The number of rotatable bonds is 4. The lowest BCUT2D eigenvalue weighted by molar-refractivity contribution is -0.116. The van der Waals surface area contributed by atoms with Crippen molar-refractivity contribution in [1.29, 1.82) is 0 Å². The molecule has 1 aliphatic rings. The Morgan fingerprint density at radius 3 is 2.71 bits per heavy atom. The molecule has 0 radical (unpaired) electrons. The van der Waals surface area contributed by atoms with Crippen LogP contribution < -0.4 is 11.1 Å². The maximum Gasteiger partial charge on any atom is 0.337 e. The quantitative estimate of drug-likeness (QED) is 0.691. The summed E-state index contributed by atoms with van der Waals surface area (Å²) >= 11 is 0. The van der Waals surface area contributed by atoms with Gasteiger partial charge in [-0.3, -0.25) is 4.79 Å². The number of nitrogens with two attached hydrogens (primary N) is 1. The number of hydrogen-bond acceptors (Lipinski definition) is 3. The van der Waals surface area contributed by atoms with Crippen LogP contribution in [0.15, 0.2) is 18.2 Å². The van der Waals surface area contributed by atoms with Crippen LogP contribution in [0.3, 0.4) is 0 Å². The van der Waals surface area contributed by atoms with Gasteiger partial charge in [0.25, 0.3) is 0 Å². The molecule has 1 aromatic rings. The molecule has 0 heterocycles. The molecule has 0 atom stereocenters. The van der Waals surface area contributed by atoms with E-state index in [4.69, 9.17) is 10.8 Å². The van der Waals surface area contributed by atoms with Crippen molar-refractivity contribution >= 4 is 23.3 Å². The van der Waals surface area contributed by atoms with Gasteiger partial charge in [-0.1, -0.05) is 0 Å². The van der Waals surface area contributed by atoms with Crippen LogP contribution in [0.1, 0.15) is 29.6 Å². The fourth-order valence-electron chi connectivity index (χ4n) is 1.64. The molecule has 17 heavy (non-hydrogen) atoms. The predicted octanol–water partition coefficient (Wildman–Crippen LogP) is 1.71. The Labute approximate surface area is 98.6 Å². The van der Waals surface area contributed by atoms with Gasteiger partial charge in [-0.05, 0) is 37.0 Å². The van der Waals surface area contributed by atoms with E-state index in [1.807, 2.05) is 0 Å². The third kappa shape index (κ3) is 2.96. The van der Waals surface area contributed by atoms with Gasteiger partial charge in [0, 0.05) is 12.1 Å². The number of carboxylic acids is 1.